The maximum atomic E-state index is 13.8. The lowest BCUT2D eigenvalue weighted by Gasteiger charge is -2.27. The van der Waals surface area contributed by atoms with E-state index < -0.39 is 57.6 Å². The van der Waals surface area contributed by atoms with Crippen molar-refractivity contribution in [3.05, 3.63) is 69.5 Å². The molecule has 0 bridgehead atoms. The van der Waals surface area contributed by atoms with Crippen molar-refractivity contribution in [1.82, 2.24) is 4.98 Å². The Kier molecular flexibility index (Phi) is 6.74. The predicted molar refractivity (Wildman–Crippen MR) is 121 cm³/mol. The highest BCUT2D eigenvalue weighted by Gasteiger charge is 2.36. The molecule has 3 aromatic rings. The van der Waals surface area contributed by atoms with Gasteiger partial charge in [0.1, 0.15) is 5.56 Å². The van der Waals surface area contributed by atoms with Gasteiger partial charge in [0.25, 0.3) is 5.91 Å². The van der Waals surface area contributed by atoms with E-state index in [-0.39, 0.29) is 17.2 Å². The summed E-state index contributed by atoms with van der Waals surface area (Å²) in [5, 5.41) is 13.8. The number of carbonyl (C=O) groups excluding carboxylic acids is 1. The second-order valence-electron chi connectivity index (χ2n) is 8.62. The molecule has 0 unspecified atom stereocenters. The number of nitrogens with one attached hydrogen (secondary N) is 3. The fourth-order valence-electron chi connectivity index (χ4n) is 4.30. The maximum Gasteiger partial charge on any atom is 0.418 e. The van der Waals surface area contributed by atoms with E-state index >= 15 is 0 Å². The second kappa shape index (κ2) is 9.49. The molecule has 0 radical (unpaired) electrons. The highest BCUT2D eigenvalue weighted by molar-refractivity contribution is 6.06. The fourth-order valence-corrected chi connectivity index (χ4v) is 4.30. The van der Waals surface area contributed by atoms with Gasteiger partial charge in [-0.3, -0.25) is 9.59 Å². The van der Waals surface area contributed by atoms with Crippen molar-refractivity contribution in [2.75, 3.05) is 10.6 Å². The lowest BCUT2D eigenvalue weighted by Crippen LogP contribution is -2.28. The Morgan fingerprint density at radius 1 is 0.944 bits per heavy atom. The number of H-pyrrole nitrogens is 1. The molecule has 1 fully saturated rings. The van der Waals surface area contributed by atoms with Gasteiger partial charge in [-0.1, -0.05) is 6.07 Å². The van der Waals surface area contributed by atoms with E-state index in [1.165, 1.54) is 12.1 Å². The minimum atomic E-state index is -4.88. The van der Waals surface area contributed by atoms with E-state index in [1.807, 2.05) is 5.32 Å². The predicted octanol–water partition coefficient (Wildman–Crippen LogP) is 5.53. The first-order chi connectivity index (χ1) is 16.8. The molecule has 1 heterocycles. The monoisotopic (exact) mass is 513 g/mol. The van der Waals surface area contributed by atoms with Gasteiger partial charge in [-0.05, 0) is 56.0 Å². The van der Waals surface area contributed by atoms with Crippen LogP contribution in [-0.4, -0.2) is 28.1 Å². The second-order valence-corrected chi connectivity index (χ2v) is 8.62. The summed E-state index contributed by atoms with van der Waals surface area (Å²) >= 11 is 0. The molecule has 4 rings (SSSR count). The number of pyridine rings is 1. The van der Waals surface area contributed by atoms with Crippen LogP contribution in [0, 0.1) is 0 Å². The zero-order chi connectivity index (χ0) is 26.3. The molecule has 6 nitrogen and oxygen atoms in total. The molecule has 12 heteroatoms. The van der Waals surface area contributed by atoms with Crippen LogP contribution < -0.4 is 16.1 Å². The molecule has 0 saturated heterocycles. The lowest BCUT2D eigenvalue weighted by atomic mass is 9.93. The number of alkyl halides is 6. The minimum absolute atomic E-state index is 0.131. The van der Waals surface area contributed by atoms with E-state index in [0.29, 0.717) is 31.7 Å². The number of aliphatic hydroxyl groups is 1. The Labute approximate surface area is 200 Å². The zero-order valence-corrected chi connectivity index (χ0v) is 18.6. The number of aromatic amines is 1. The summed E-state index contributed by atoms with van der Waals surface area (Å²) in [5.41, 5.74) is -5.16. The van der Waals surface area contributed by atoms with Crippen LogP contribution in [0.2, 0.25) is 0 Å². The molecule has 1 aliphatic rings. The van der Waals surface area contributed by atoms with E-state index in [1.54, 1.807) is 0 Å². The van der Waals surface area contributed by atoms with Crippen molar-refractivity contribution in [3.8, 4) is 0 Å². The Balaban J connectivity index is 1.65. The van der Waals surface area contributed by atoms with Crippen LogP contribution >= 0.6 is 0 Å². The average Bonchev–Trinajstić information content (AvgIpc) is 2.80. The van der Waals surface area contributed by atoms with E-state index in [9.17, 15) is 41.0 Å². The van der Waals surface area contributed by atoms with Crippen molar-refractivity contribution in [3.63, 3.8) is 0 Å². The van der Waals surface area contributed by atoms with Gasteiger partial charge < -0.3 is 20.7 Å². The largest absolute Gasteiger partial charge is 0.418 e. The Morgan fingerprint density at radius 3 is 2.25 bits per heavy atom. The number of anilines is 2. The fraction of sp³-hybridized carbons (Fsp3) is 0.333. The van der Waals surface area contributed by atoms with Crippen LogP contribution in [0.5, 0.6) is 0 Å². The number of benzene rings is 2. The molecule has 4 N–H and O–H groups in total. The molecular weight excluding hydrogens is 492 g/mol. The summed E-state index contributed by atoms with van der Waals surface area (Å²) in [4.78, 5) is 27.9. The lowest BCUT2D eigenvalue weighted by molar-refractivity contribution is -0.137. The third kappa shape index (κ3) is 5.32. The molecule has 0 atom stereocenters. The standard InChI is InChI=1S/C24H21F6N3O3/c25-23(26,27)16-2-1-3-19-20(16)21(35)15(11-31-19)22(36)33-18-9-6-13(10-17(18)24(28,29)30)32-12-4-7-14(34)8-5-12/h1-3,6,9-12,14,32,34H,4-5,7-8H2,(H,31,35)(H,33,36). The van der Waals surface area contributed by atoms with E-state index in [4.69, 9.17) is 0 Å². The van der Waals surface area contributed by atoms with Crippen LogP contribution in [0.25, 0.3) is 10.9 Å². The normalized spacial score (nSPS) is 18.8. The summed E-state index contributed by atoms with van der Waals surface area (Å²) in [6, 6.07) is 6.00. The molecule has 1 amide bonds. The summed E-state index contributed by atoms with van der Waals surface area (Å²) in [7, 11) is 0. The number of aromatic nitrogens is 1. The quantitative estimate of drug-likeness (QED) is 0.345. The van der Waals surface area contributed by atoms with E-state index in [0.717, 1.165) is 24.4 Å². The van der Waals surface area contributed by atoms with Crippen molar-refractivity contribution in [2.24, 2.45) is 0 Å². The van der Waals surface area contributed by atoms with E-state index in [2.05, 4.69) is 10.3 Å². The molecule has 1 saturated carbocycles. The molecule has 1 aliphatic carbocycles. The number of halogens is 6. The van der Waals surface area contributed by atoms with Crippen molar-refractivity contribution < 1.29 is 36.2 Å². The summed E-state index contributed by atoms with van der Waals surface area (Å²) < 4.78 is 81.5. The molecule has 1 aromatic heterocycles. The Morgan fingerprint density at radius 2 is 1.61 bits per heavy atom. The molecule has 0 aliphatic heterocycles. The van der Waals surface area contributed by atoms with Crippen molar-refractivity contribution in [2.45, 2.75) is 50.2 Å². The Bertz CT molecular complexity index is 1340. The minimum Gasteiger partial charge on any atom is -0.393 e. The summed E-state index contributed by atoms with van der Waals surface area (Å²) in [5.74, 6) is -1.29. The summed E-state index contributed by atoms with van der Waals surface area (Å²) in [6.07, 6.45) is -7.13. The molecule has 192 valence electrons. The van der Waals surface area contributed by atoms with Crippen LogP contribution in [0.3, 0.4) is 0 Å². The van der Waals surface area contributed by atoms with Gasteiger partial charge in [-0.15, -0.1) is 0 Å². The smallest absolute Gasteiger partial charge is 0.393 e. The number of hydrogen-bond donors (Lipinski definition) is 4. The van der Waals surface area contributed by atoms with Crippen molar-refractivity contribution in [1.29, 1.82) is 0 Å². The van der Waals surface area contributed by atoms with Gasteiger partial charge >= 0.3 is 12.4 Å². The van der Waals surface area contributed by atoms with Crippen LogP contribution in [0.4, 0.5) is 37.7 Å². The SMILES string of the molecule is O=C(Nc1ccc(NC2CCC(O)CC2)cc1C(F)(F)F)c1c[nH]c2cccc(C(F)(F)F)c2c1=O. The number of fused-ring (bicyclic) bond motifs is 1. The van der Waals surface area contributed by atoms with Gasteiger partial charge in [0, 0.05) is 23.4 Å². The van der Waals surface area contributed by atoms with Gasteiger partial charge in [-0.25, -0.2) is 0 Å². The first kappa shape index (κ1) is 25.5. The summed E-state index contributed by atoms with van der Waals surface area (Å²) in [6.45, 7) is 0. The molecule has 36 heavy (non-hydrogen) atoms. The maximum absolute atomic E-state index is 13.8. The zero-order valence-electron chi connectivity index (χ0n) is 18.6. The van der Waals surface area contributed by atoms with Gasteiger partial charge in [-0.2, -0.15) is 26.3 Å². The number of aliphatic hydroxyl groups excluding tert-OH is 1. The highest BCUT2D eigenvalue weighted by Crippen LogP contribution is 2.38. The van der Waals surface area contributed by atoms with Crippen LogP contribution in [0.15, 0.2) is 47.4 Å². The van der Waals surface area contributed by atoms with Gasteiger partial charge in [0.05, 0.1) is 28.3 Å². The molecule has 2 aromatic carbocycles. The van der Waals surface area contributed by atoms with Crippen LogP contribution in [0.1, 0.15) is 47.2 Å². The average molecular weight is 513 g/mol. The highest BCUT2D eigenvalue weighted by atomic mass is 19.4. The first-order valence-corrected chi connectivity index (χ1v) is 11.0. The van der Waals surface area contributed by atoms with Gasteiger partial charge in [0.15, 0.2) is 0 Å². The molecular formula is C24H21F6N3O3. The Hall–Kier alpha value is -3.54. The number of carbonyl (C=O) groups is 1. The van der Waals surface area contributed by atoms with Crippen LogP contribution in [-0.2, 0) is 12.4 Å². The topological polar surface area (TPSA) is 94.2 Å². The molecule has 0 spiro atoms. The number of rotatable bonds is 4. The van der Waals surface area contributed by atoms with Crippen molar-refractivity contribution >= 4 is 28.2 Å². The first-order valence-electron chi connectivity index (χ1n) is 11.0. The third-order valence-electron chi connectivity index (χ3n) is 6.10. The number of amides is 1. The third-order valence-corrected chi connectivity index (χ3v) is 6.10. The number of hydrogen-bond acceptors (Lipinski definition) is 4. The van der Waals surface area contributed by atoms with Gasteiger partial charge in [0.2, 0.25) is 5.43 Å².